The third-order valence-electron chi connectivity index (χ3n) is 3.38. The maximum Gasteiger partial charge on any atom is 0.334 e. The number of aliphatic carboxylic acids is 1. The van der Waals surface area contributed by atoms with E-state index < -0.39 is 12.1 Å². The Hall–Kier alpha value is -0.950. The van der Waals surface area contributed by atoms with E-state index in [4.69, 9.17) is 9.84 Å². The molecule has 2 aliphatic heterocycles. The quantitative estimate of drug-likeness (QED) is 0.802. The van der Waals surface area contributed by atoms with Gasteiger partial charge < -0.3 is 20.1 Å². The van der Waals surface area contributed by atoms with Crippen LogP contribution in [0.15, 0.2) is 0 Å². The summed E-state index contributed by atoms with van der Waals surface area (Å²) in [5.74, 6) is 0.152. The molecule has 0 aromatic carbocycles. The predicted octanol–water partition coefficient (Wildman–Crippen LogP) is 0.767. The highest BCUT2D eigenvalue weighted by Crippen LogP contribution is 2.24. The fourth-order valence-electron chi connectivity index (χ4n) is 2.26. The zero-order chi connectivity index (χ0) is 13.7. The second-order valence-electron chi connectivity index (χ2n) is 4.82. The fourth-order valence-corrected chi connectivity index (χ4v) is 3.50. The van der Waals surface area contributed by atoms with Gasteiger partial charge in [0.05, 0.1) is 13.2 Å². The molecule has 108 valence electrons. The molecule has 0 aliphatic carbocycles. The zero-order valence-electron chi connectivity index (χ0n) is 10.8. The molecule has 7 heteroatoms. The molecule has 2 atom stereocenters. The number of hydrogen-bond donors (Lipinski definition) is 2. The molecular weight excluding hydrogens is 268 g/mol. The van der Waals surface area contributed by atoms with E-state index in [-0.39, 0.29) is 19.2 Å². The van der Waals surface area contributed by atoms with Crippen molar-refractivity contribution in [1.29, 1.82) is 0 Å². The summed E-state index contributed by atoms with van der Waals surface area (Å²) in [7, 11) is 0. The molecule has 0 bridgehead atoms. The summed E-state index contributed by atoms with van der Waals surface area (Å²) in [6.07, 6.45) is 2.74. The number of hydrogen-bond acceptors (Lipinski definition) is 4. The lowest BCUT2D eigenvalue weighted by molar-refractivity contribution is -0.154. The number of morpholine rings is 1. The summed E-state index contributed by atoms with van der Waals surface area (Å²) in [5, 5.41) is 12.3. The maximum atomic E-state index is 12.0. The molecule has 6 nitrogen and oxygen atoms in total. The van der Waals surface area contributed by atoms with Crippen molar-refractivity contribution in [1.82, 2.24) is 10.2 Å². The van der Waals surface area contributed by atoms with Crippen LogP contribution in [-0.4, -0.2) is 65.4 Å². The Balaban J connectivity index is 1.74. The van der Waals surface area contributed by atoms with Crippen LogP contribution in [0.2, 0.25) is 0 Å². The van der Waals surface area contributed by atoms with E-state index in [0.717, 1.165) is 6.42 Å². The first kappa shape index (κ1) is 14.5. The van der Waals surface area contributed by atoms with E-state index in [1.807, 2.05) is 11.8 Å². The van der Waals surface area contributed by atoms with Crippen LogP contribution in [0.5, 0.6) is 0 Å². The minimum atomic E-state index is -1.01. The fraction of sp³-hybridized carbons (Fsp3) is 0.833. The average molecular weight is 288 g/mol. The highest BCUT2D eigenvalue weighted by molar-refractivity contribution is 7.99. The lowest BCUT2D eigenvalue weighted by atomic mass is 10.2. The highest BCUT2D eigenvalue weighted by atomic mass is 32.2. The van der Waals surface area contributed by atoms with E-state index in [2.05, 4.69) is 5.32 Å². The first-order valence-corrected chi connectivity index (χ1v) is 7.70. The van der Waals surface area contributed by atoms with Crippen LogP contribution in [0.25, 0.3) is 0 Å². The van der Waals surface area contributed by atoms with Crippen LogP contribution < -0.4 is 5.32 Å². The molecule has 2 rings (SSSR count). The van der Waals surface area contributed by atoms with E-state index in [1.54, 1.807) is 0 Å². The summed E-state index contributed by atoms with van der Waals surface area (Å²) in [6, 6.07) is -0.180. The third-order valence-corrected chi connectivity index (χ3v) is 4.78. The minimum Gasteiger partial charge on any atom is -0.479 e. The van der Waals surface area contributed by atoms with Crippen LogP contribution in [0.4, 0.5) is 4.79 Å². The number of thioether (sulfide) groups is 1. The van der Waals surface area contributed by atoms with Gasteiger partial charge in [0, 0.05) is 18.3 Å². The standard InChI is InChI=1S/C12H20N2O4S/c15-11(16)10-8-14(4-5-18-10)12(17)13-7-9-3-1-2-6-19-9/h9-10H,1-8H2,(H,13,17)(H,15,16). The summed E-state index contributed by atoms with van der Waals surface area (Å²) < 4.78 is 5.09. The second kappa shape index (κ2) is 7.00. The number of carbonyl (C=O) groups excluding carboxylic acids is 1. The van der Waals surface area contributed by atoms with Crippen LogP contribution in [-0.2, 0) is 9.53 Å². The van der Waals surface area contributed by atoms with Gasteiger partial charge in [0.25, 0.3) is 0 Å². The first-order valence-electron chi connectivity index (χ1n) is 6.65. The van der Waals surface area contributed by atoms with Crippen LogP contribution in [0.3, 0.4) is 0 Å². The Labute approximate surface area is 116 Å². The van der Waals surface area contributed by atoms with Crippen LogP contribution in [0, 0.1) is 0 Å². The summed E-state index contributed by atoms with van der Waals surface area (Å²) in [6.45, 7) is 1.52. The van der Waals surface area contributed by atoms with E-state index in [1.165, 1.54) is 23.5 Å². The number of rotatable bonds is 3. The molecule has 2 N–H and O–H groups in total. The van der Waals surface area contributed by atoms with Gasteiger partial charge in [-0.25, -0.2) is 9.59 Å². The van der Waals surface area contributed by atoms with Crippen LogP contribution >= 0.6 is 11.8 Å². The lowest BCUT2D eigenvalue weighted by Gasteiger charge is -2.31. The first-order chi connectivity index (χ1) is 9.16. The number of nitrogens with one attached hydrogen (secondary N) is 1. The van der Waals surface area contributed by atoms with Gasteiger partial charge in [-0.1, -0.05) is 6.42 Å². The SMILES string of the molecule is O=C(O)C1CN(C(=O)NCC2CCCCS2)CCO1. The van der Waals surface area contributed by atoms with Crippen molar-refractivity contribution in [3.8, 4) is 0 Å². The van der Waals surface area contributed by atoms with Crippen LogP contribution in [0.1, 0.15) is 19.3 Å². The van der Waals surface area contributed by atoms with E-state index in [9.17, 15) is 9.59 Å². The zero-order valence-corrected chi connectivity index (χ0v) is 11.7. The minimum absolute atomic E-state index is 0.124. The molecule has 2 unspecified atom stereocenters. The number of ether oxygens (including phenoxy) is 1. The van der Waals surface area contributed by atoms with E-state index in [0.29, 0.717) is 18.3 Å². The monoisotopic (exact) mass is 288 g/mol. The van der Waals surface area contributed by atoms with Crippen molar-refractivity contribution >= 4 is 23.8 Å². The van der Waals surface area contributed by atoms with Crippen molar-refractivity contribution in [2.75, 3.05) is 32.0 Å². The largest absolute Gasteiger partial charge is 0.479 e. The number of carboxylic acid groups (broad SMARTS) is 1. The molecule has 2 aliphatic rings. The van der Waals surface area contributed by atoms with Crippen molar-refractivity contribution in [3.05, 3.63) is 0 Å². The molecule has 0 aromatic rings. The Morgan fingerprint density at radius 3 is 2.95 bits per heavy atom. The number of nitrogens with zero attached hydrogens (tertiary/aromatic N) is 1. The smallest absolute Gasteiger partial charge is 0.334 e. The van der Waals surface area contributed by atoms with Gasteiger partial charge in [0.1, 0.15) is 0 Å². The maximum absolute atomic E-state index is 12.0. The second-order valence-corrected chi connectivity index (χ2v) is 6.23. The Morgan fingerprint density at radius 1 is 1.42 bits per heavy atom. The third kappa shape index (κ3) is 4.28. The number of amides is 2. The predicted molar refractivity (Wildman–Crippen MR) is 72.4 cm³/mol. The number of urea groups is 1. The highest BCUT2D eigenvalue weighted by Gasteiger charge is 2.29. The molecule has 2 amide bonds. The number of carboxylic acids is 1. The van der Waals surface area contributed by atoms with E-state index >= 15 is 0 Å². The summed E-state index contributed by atoms with van der Waals surface area (Å²) in [5.41, 5.74) is 0. The molecule has 0 radical (unpaired) electrons. The van der Waals surface area contributed by atoms with Gasteiger partial charge in [-0.2, -0.15) is 11.8 Å². The Morgan fingerprint density at radius 2 is 2.26 bits per heavy atom. The van der Waals surface area contributed by atoms with Gasteiger partial charge in [-0.15, -0.1) is 0 Å². The van der Waals surface area contributed by atoms with Crippen molar-refractivity contribution in [2.24, 2.45) is 0 Å². The van der Waals surface area contributed by atoms with Crippen molar-refractivity contribution in [2.45, 2.75) is 30.6 Å². The molecule has 2 fully saturated rings. The molecule has 0 aromatic heterocycles. The molecule has 2 heterocycles. The molecule has 0 saturated carbocycles. The topological polar surface area (TPSA) is 78.9 Å². The summed E-state index contributed by atoms with van der Waals surface area (Å²) in [4.78, 5) is 24.3. The van der Waals surface area contributed by atoms with Gasteiger partial charge in [0.2, 0.25) is 0 Å². The average Bonchev–Trinajstić information content (AvgIpc) is 2.46. The lowest BCUT2D eigenvalue weighted by Crippen LogP contribution is -2.52. The van der Waals surface area contributed by atoms with Gasteiger partial charge in [-0.05, 0) is 18.6 Å². The molecule has 0 spiro atoms. The Kier molecular flexibility index (Phi) is 5.33. The number of carbonyl (C=O) groups is 2. The summed E-state index contributed by atoms with van der Waals surface area (Å²) >= 11 is 1.91. The molecular formula is C12H20N2O4S. The molecule has 19 heavy (non-hydrogen) atoms. The Bertz CT molecular complexity index is 334. The van der Waals surface area contributed by atoms with Gasteiger partial charge in [0.15, 0.2) is 6.10 Å². The van der Waals surface area contributed by atoms with Crippen molar-refractivity contribution in [3.63, 3.8) is 0 Å². The van der Waals surface area contributed by atoms with Gasteiger partial charge in [-0.3, -0.25) is 0 Å². The van der Waals surface area contributed by atoms with Gasteiger partial charge >= 0.3 is 12.0 Å². The van der Waals surface area contributed by atoms with Crippen molar-refractivity contribution < 1.29 is 19.4 Å². The normalized spacial score (nSPS) is 27.9. The molecule has 2 saturated heterocycles.